The van der Waals surface area contributed by atoms with Gasteiger partial charge >= 0.3 is 0 Å². The molecule has 0 saturated heterocycles. The minimum atomic E-state index is -2.82. The second kappa shape index (κ2) is 7.44. The summed E-state index contributed by atoms with van der Waals surface area (Å²) in [6, 6.07) is 1.52. The van der Waals surface area contributed by atoms with E-state index in [2.05, 4.69) is 20.5 Å². The van der Waals surface area contributed by atoms with Crippen molar-refractivity contribution in [2.75, 3.05) is 17.7 Å². The summed E-state index contributed by atoms with van der Waals surface area (Å²) in [5.41, 5.74) is 5.46. The van der Waals surface area contributed by atoms with Crippen LogP contribution >= 0.6 is 0 Å². The number of rotatable bonds is 7. The number of aromatic nitrogens is 5. The molecule has 0 bridgehead atoms. The number of nitrogens with one attached hydrogen (secondary N) is 1. The van der Waals surface area contributed by atoms with Crippen LogP contribution in [0.15, 0.2) is 24.7 Å². The Morgan fingerprint density at radius 3 is 2.85 bits per heavy atom. The van der Waals surface area contributed by atoms with E-state index in [1.807, 2.05) is 0 Å². The molecule has 0 atom stereocenters. The van der Waals surface area contributed by atoms with Gasteiger partial charge in [-0.2, -0.15) is 10.2 Å². The summed E-state index contributed by atoms with van der Waals surface area (Å²) in [5.74, 6) is -0.438. The molecule has 0 unspecified atom stereocenters. The standard InChI is InChI=1S/C15H17F2N7O2/c16-13(17)12-10(8-20-23(12)4-1-2-6-25)21-15(26)9-7-19-24-5-3-11(18)22-14(9)24/h3,5,7-8,13,25H,1-2,4,6H2,(H2,18,22)(H,21,26). The topological polar surface area (TPSA) is 123 Å². The van der Waals surface area contributed by atoms with Gasteiger partial charge < -0.3 is 16.2 Å². The third kappa shape index (κ3) is 3.47. The third-order valence-corrected chi connectivity index (χ3v) is 3.75. The van der Waals surface area contributed by atoms with Gasteiger partial charge in [0, 0.05) is 19.3 Å². The second-order valence-electron chi connectivity index (χ2n) is 5.53. The first-order valence-corrected chi connectivity index (χ1v) is 7.87. The van der Waals surface area contributed by atoms with Gasteiger partial charge in [-0.25, -0.2) is 18.3 Å². The van der Waals surface area contributed by atoms with Crippen molar-refractivity contribution in [3.63, 3.8) is 0 Å². The fourth-order valence-corrected chi connectivity index (χ4v) is 2.51. The molecule has 0 saturated carbocycles. The van der Waals surface area contributed by atoms with Gasteiger partial charge in [0.2, 0.25) is 0 Å². The molecule has 0 radical (unpaired) electrons. The zero-order valence-electron chi connectivity index (χ0n) is 13.6. The first kappa shape index (κ1) is 17.7. The fourth-order valence-electron chi connectivity index (χ4n) is 2.51. The number of alkyl halides is 2. The molecule has 3 heterocycles. The number of hydrogen-bond donors (Lipinski definition) is 3. The maximum atomic E-state index is 13.4. The van der Waals surface area contributed by atoms with Crippen molar-refractivity contribution >= 4 is 23.1 Å². The average molecular weight is 365 g/mol. The van der Waals surface area contributed by atoms with Crippen LogP contribution in [-0.4, -0.2) is 42.0 Å². The number of anilines is 2. The van der Waals surface area contributed by atoms with Crippen molar-refractivity contribution in [2.24, 2.45) is 0 Å². The van der Waals surface area contributed by atoms with Gasteiger partial charge in [-0.05, 0) is 18.9 Å². The molecule has 3 aromatic heterocycles. The molecule has 3 aromatic rings. The minimum Gasteiger partial charge on any atom is -0.396 e. The summed E-state index contributed by atoms with van der Waals surface area (Å²) in [6.45, 7) is 0.185. The number of hydrogen-bond acceptors (Lipinski definition) is 6. The molecule has 9 nitrogen and oxygen atoms in total. The number of amides is 1. The van der Waals surface area contributed by atoms with Gasteiger partial charge in [0.1, 0.15) is 17.1 Å². The Labute approximate surface area is 146 Å². The second-order valence-corrected chi connectivity index (χ2v) is 5.53. The molecule has 1 amide bonds. The first-order valence-electron chi connectivity index (χ1n) is 7.87. The van der Waals surface area contributed by atoms with Crippen LogP contribution in [0.25, 0.3) is 5.65 Å². The van der Waals surface area contributed by atoms with E-state index in [0.717, 1.165) is 4.68 Å². The lowest BCUT2D eigenvalue weighted by molar-refractivity contribution is 0.102. The number of fused-ring (bicyclic) bond motifs is 1. The Bertz CT molecular complexity index is 922. The highest BCUT2D eigenvalue weighted by atomic mass is 19.3. The van der Waals surface area contributed by atoms with E-state index in [1.165, 1.54) is 29.2 Å². The number of halogens is 2. The van der Waals surface area contributed by atoms with E-state index in [0.29, 0.717) is 12.8 Å². The summed E-state index contributed by atoms with van der Waals surface area (Å²) in [6.07, 6.45) is 2.14. The lowest BCUT2D eigenvalue weighted by Gasteiger charge is -2.09. The van der Waals surface area contributed by atoms with Crippen molar-refractivity contribution in [1.29, 1.82) is 0 Å². The van der Waals surface area contributed by atoms with Gasteiger partial charge in [-0.15, -0.1) is 0 Å². The van der Waals surface area contributed by atoms with E-state index < -0.39 is 12.3 Å². The molecule has 0 aliphatic heterocycles. The number of nitrogens with zero attached hydrogens (tertiary/aromatic N) is 5. The highest BCUT2D eigenvalue weighted by molar-refractivity contribution is 6.08. The number of nitrogen functional groups attached to an aromatic ring is 1. The van der Waals surface area contributed by atoms with Crippen LogP contribution in [0.2, 0.25) is 0 Å². The van der Waals surface area contributed by atoms with Crippen LogP contribution in [-0.2, 0) is 6.54 Å². The number of carbonyl (C=O) groups is 1. The van der Waals surface area contributed by atoms with Crippen LogP contribution in [0, 0.1) is 0 Å². The Morgan fingerprint density at radius 1 is 1.31 bits per heavy atom. The number of aliphatic hydroxyl groups is 1. The summed E-state index contributed by atoms with van der Waals surface area (Å²) >= 11 is 0. The highest BCUT2D eigenvalue weighted by Gasteiger charge is 2.23. The molecule has 11 heteroatoms. The Balaban J connectivity index is 1.85. The van der Waals surface area contributed by atoms with E-state index in [9.17, 15) is 13.6 Å². The van der Waals surface area contributed by atoms with E-state index in [4.69, 9.17) is 10.8 Å². The van der Waals surface area contributed by atoms with Crippen molar-refractivity contribution < 1.29 is 18.7 Å². The predicted octanol–water partition coefficient (Wildman–Crippen LogP) is 1.47. The molecule has 0 fully saturated rings. The summed E-state index contributed by atoms with van der Waals surface area (Å²) in [4.78, 5) is 16.5. The number of aryl methyl sites for hydroxylation is 1. The fraction of sp³-hybridized carbons (Fsp3) is 0.333. The van der Waals surface area contributed by atoms with Gasteiger partial charge in [0.15, 0.2) is 5.65 Å². The van der Waals surface area contributed by atoms with Crippen LogP contribution in [0.3, 0.4) is 0 Å². The lowest BCUT2D eigenvalue weighted by Crippen LogP contribution is -2.14. The minimum absolute atomic E-state index is 0.0280. The normalized spacial score (nSPS) is 11.4. The van der Waals surface area contributed by atoms with Crippen LogP contribution < -0.4 is 11.1 Å². The molecule has 138 valence electrons. The quantitative estimate of drug-likeness (QED) is 0.545. The lowest BCUT2D eigenvalue weighted by atomic mass is 10.2. The molecule has 0 spiro atoms. The maximum absolute atomic E-state index is 13.4. The van der Waals surface area contributed by atoms with Gasteiger partial charge in [-0.1, -0.05) is 0 Å². The van der Waals surface area contributed by atoms with Crippen molar-refractivity contribution in [2.45, 2.75) is 25.8 Å². The zero-order valence-corrected chi connectivity index (χ0v) is 13.6. The van der Waals surface area contributed by atoms with Gasteiger partial charge in [-0.3, -0.25) is 9.48 Å². The highest BCUT2D eigenvalue weighted by Crippen LogP contribution is 2.28. The summed E-state index contributed by atoms with van der Waals surface area (Å²) < 4.78 is 29.3. The first-order chi connectivity index (χ1) is 12.5. The van der Waals surface area contributed by atoms with Gasteiger partial charge in [0.25, 0.3) is 12.3 Å². The number of carbonyl (C=O) groups excluding carboxylic acids is 1. The van der Waals surface area contributed by atoms with Crippen LogP contribution in [0.5, 0.6) is 0 Å². The van der Waals surface area contributed by atoms with Gasteiger partial charge in [0.05, 0.1) is 18.1 Å². The van der Waals surface area contributed by atoms with Crippen LogP contribution in [0.1, 0.15) is 35.3 Å². The largest absolute Gasteiger partial charge is 0.396 e. The van der Waals surface area contributed by atoms with E-state index >= 15 is 0 Å². The molecule has 26 heavy (non-hydrogen) atoms. The summed E-state index contributed by atoms with van der Waals surface area (Å²) in [7, 11) is 0. The smallest absolute Gasteiger partial charge is 0.282 e. The maximum Gasteiger partial charge on any atom is 0.282 e. The molecular formula is C15H17F2N7O2. The Morgan fingerprint density at radius 2 is 2.12 bits per heavy atom. The molecule has 0 aliphatic rings. The van der Waals surface area contributed by atoms with Crippen molar-refractivity contribution in [3.8, 4) is 0 Å². The number of nitrogens with two attached hydrogens (primary N) is 1. The predicted molar refractivity (Wildman–Crippen MR) is 88.9 cm³/mol. The average Bonchev–Trinajstić information content (AvgIpc) is 3.18. The number of unbranched alkanes of at least 4 members (excludes halogenated alkanes) is 1. The Hall–Kier alpha value is -3.08. The van der Waals surface area contributed by atoms with E-state index in [1.54, 1.807) is 0 Å². The van der Waals surface area contributed by atoms with Crippen LogP contribution in [0.4, 0.5) is 20.3 Å². The van der Waals surface area contributed by atoms with E-state index in [-0.39, 0.29) is 41.6 Å². The van der Waals surface area contributed by atoms with Crippen molar-refractivity contribution in [1.82, 2.24) is 24.4 Å². The molecular weight excluding hydrogens is 348 g/mol. The monoisotopic (exact) mass is 365 g/mol. The molecule has 0 aliphatic carbocycles. The number of aliphatic hydroxyl groups excluding tert-OH is 1. The summed E-state index contributed by atoms with van der Waals surface area (Å²) in [5, 5.41) is 19.1. The van der Waals surface area contributed by atoms with Crippen molar-refractivity contribution in [3.05, 3.63) is 35.9 Å². The molecule has 3 rings (SSSR count). The molecule has 0 aromatic carbocycles. The SMILES string of the molecule is Nc1ccn2ncc(C(=O)Nc3cnn(CCCCO)c3C(F)F)c2n1. The Kier molecular flexibility index (Phi) is 5.07. The zero-order chi connectivity index (χ0) is 18.7. The molecule has 4 N–H and O–H groups in total. The third-order valence-electron chi connectivity index (χ3n) is 3.75.